The van der Waals surface area contributed by atoms with Crippen LogP contribution in [0.1, 0.15) is 57.8 Å². The van der Waals surface area contributed by atoms with Crippen molar-refractivity contribution in [1.82, 2.24) is 10.1 Å². The summed E-state index contributed by atoms with van der Waals surface area (Å²) >= 11 is 0. The van der Waals surface area contributed by atoms with Crippen molar-refractivity contribution in [2.75, 3.05) is 6.61 Å². The van der Waals surface area contributed by atoms with Crippen LogP contribution in [0.25, 0.3) is 0 Å². The monoisotopic (exact) mass is 253 g/mol. The number of rotatable bonds is 4. The van der Waals surface area contributed by atoms with Gasteiger partial charge in [-0.15, -0.1) is 0 Å². The molecule has 0 bridgehead atoms. The highest BCUT2D eigenvalue weighted by atomic mass is 16.5. The van der Waals surface area contributed by atoms with Gasteiger partial charge in [0.05, 0.1) is 12.1 Å². The first kappa shape index (κ1) is 13.5. The second-order valence-corrected chi connectivity index (χ2v) is 6.06. The van der Waals surface area contributed by atoms with Crippen molar-refractivity contribution in [3.63, 3.8) is 0 Å². The Hall–Kier alpha value is -0.940. The van der Waals surface area contributed by atoms with E-state index in [9.17, 15) is 0 Å². The maximum Gasteiger partial charge on any atom is 0.226 e. The minimum absolute atomic E-state index is 0.0598. The molecule has 0 spiro atoms. The van der Waals surface area contributed by atoms with Crippen molar-refractivity contribution in [3.05, 3.63) is 11.7 Å². The van der Waals surface area contributed by atoms with E-state index < -0.39 is 0 Å². The third-order valence-electron chi connectivity index (χ3n) is 3.40. The largest absolute Gasteiger partial charge is 0.378 e. The Morgan fingerprint density at radius 2 is 2.22 bits per heavy atom. The molecule has 2 atom stereocenters. The lowest BCUT2D eigenvalue weighted by Crippen LogP contribution is -2.27. The van der Waals surface area contributed by atoms with Crippen molar-refractivity contribution in [2.24, 2.45) is 11.1 Å². The lowest BCUT2D eigenvalue weighted by molar-refractivity contribution is 0.102. The zero-order valence-electron chi connectivity index (χ0n) is 11.5. The SMILES string of the molecule is CC(C)(C)C(N)c1noc(CCC2CCCO2)n1. The summed E-state index contributed by atoms with van der Waals surface area (Å²) in [6.45, 7) is 7.09. The number of nitrogens with two attached hydrogens (primary N) is 1. The van der Waals surface area contributed by atoms with Gasteiger partial charge < -0.3 is 15.0 Å². The van der Waals surface area contributed by atoms with Crippen LogP contribution in [-0.2, 0) is 11.2 Å². The summed E-state index contributed by atoms with van der Waals surface area (Å²) in [5, 5.41) is 3.98. The van der Waals surface area contributed by atoms with Gasteiger partial charge in [0, 0.05) is 13.0 Å². The highest BCUT2D eigenvalue weighted by Gasteiger charge is 2.27. The molecular formula is C13H23N3O2. The predicted octanol–water partition coefficient (Wildman–Crippen LogP) is 2.23. The highest BCUT2D eigenvalue weighted by Crippen LogP contribution is 2.28. The van der Waals surface area contributed by atoms with Gasteiger partial charge in [-0.05, 0) is 24.7 Å². The number of aromatic nitrogens is 2. The Morgan fingerprint density at radius 3 is 2.83 bits per heavy atom. The van der Waals surface area contributed by atoms with Gasteiger partial charge in [-0.1, -0.05) is 25.9 Å². The molecule has 0 amide bonds. The van der Waals surface area contributed by atoms with E-state index in [-0.39, 0.29) is 11.5 Å². The van der Waals surface area contributed by atoms with Crippen LogP contribution in [0.5, 0.6) is 0 Å². The summed E-state index contributed by atoms with van der Waals surface area (Å²) < 4.78 is 10.8. The Balaban J connectivity index is 1.89. The molecule has 0 aliphatic carbocycles. The first-order chi connectivity index (χ1) is 8.47. The maximum absolute atomic E-state index is 6.09. The lowest BCUT2D eigenvalue weighted by atomic mass is 9.87. The molecule has 0 radical (unpaired) electrons. The Labute approximate surface area is 108 Å². The van der Waals surface area contributed by atoms with Gasteiger partial charge in [-0.3, -0.25) is 0 Å². The molecule has 5 nitrogen and oxygen atoms in total. The first-order valence-electron chi connectivity index (χ1n) is 6.66. The molecule has 0 saturated carbocycles. The minimum Gasteiger partial charge on any atom is -0.378 e. The van der Waals surface area contributed by atoms with Crippen LogP contribution in [0, 0.1) is 5.41 Å². The molecule has 2 unspecified atom stereocenters. The predicted molar refractivity (Wildman–Crippen MR) is 68.0 cm³/mol. The fourth-order valence-electron chi connectivity index (χ4n) is 2.04. The molecule has 1 aromatic rings. The molecule has 5 heteroatoms. The number of hydrogen-bond donors (Lipinski definition) is 1. The Morgan fingerprint density at radius 1 is 1.44 bits per heavy atom. The second-order valence-electron chi connectivity index (χ2n) is 6.06. The molecule has 1 aliphatic rings. The van der Waals surface area contributed by atoms with Crippen molar-refractivity contribution < 1.29 is 9.26 Å². The Kier molecular flexibility index (Phi) is 4.02. The van der Waals surface area contributed by atoms with E-state index in [0.717, 1.165) is 32.3 Å². The Bertz CT molecular complexity index is 378. The fourth-order valence-corrected chi connectivity index (χ4v) is 2.04. The molecule has 18 heavy (non-hydrogen) atoms. The van der Waals surface area contributed by atoms with Crippen molar-refractivity contribution in [1.29, 1.82) is 0 Å². The van der Waals surface area contributed by atoms with Gasteiger partial charge in [-0.25, -0.2) is 0 Å². The van der Waals surface area contributed by atoms with E-state index in [1.807, 2.05) is 0 Å². The highest BCUT2D eigenvalue weighted by molar-refractivity contribution is 4.98. The standard InChI is InChI=1S/C13H23N3O2/c1-13(2,3)11(14)12-15-10(18-16-12)7-6-9-5-4-8-17-9/h9,11H,4-8,14H2,1-3H3. The summed E-state index contributed by atoms with van der Waals surface area (Å²) in [6.07, 6.45) is 4.38. The molecule has 0 aromatic carbocycles. The summed E-state index contributed by atoms with van der Waals surface area (Å²) in [7, 11) is 0. The molecule has 1 aliphatic heterocycles. The number of aryl methyl sites for hydroxylation is 1. The quantitative estimate of drug-likeness (QED) is 0.890. The van der Waals surface area contributed by atoms with E-state index in [0.29, 0.717) is 17.8 Å². The molecule has 1 saturated heterocycles. The van der Waals surface area contributed by atoms with Crippen LogP contribution in [0.3, 0.4) is 0 Å². The van der Waals surface area contributed by atoms with E-state index in [2.05, 4.69) is 30.9 Å². The second kappa shape index (κ2) is 5.36. The molecular weight excluding hydrogens is 230 g/mol. The van der Waals surface area contributed by atoms with E-state index in [1.165, 1.54) is 0 Å². The van der Waals surface area contributed by atoms with Crippen molar-refractivity contribution in [3.8, 4) is 0 Å². The summed E-state index contributed by atoms with van der Waals surface area (Å²) in [4.78, 5) is 4.38. The fraction of sp³-hybridized carbons (Fsp3) is 0.846. The van der Waals surface area contributed by atoms with E-state index >= 15 is 0 Å². The van der Waals surface area contributed by atoms with Crippen LogP contribution < -0.4 is 5.73 Å². The van der Waals surface area contributed by atoms with E-state index in [1.54, 1.807) is 0 Å². The third-order valence-corrected chi connectivity index (χ3v) is 3.40. The van der Waals surface area contributed by atoms with Crippen molar-refractivity contribution in [2.45, 2.75) is 58.6 Å². The minimum atomic E-state index is -0.197. The van der Waals surface area contributed by atoms with Gasteiger partial charge in [0.1, 0.15) is 0 Å². The van der Waals surface area contributed by atoms with Crippen LogP contribution >= 0.6 is 0 Å². The number of nitrogens with zero attached hydrogens (tertiary/aromatic N) is 2. The number of ether oxygens (including phenoxy) is 1. The molecule has 102 valence electrons. The maximum atomic E-state index is 6.09. The van der Waals surface area contributed by atoms with Crippen LogP contribution in [-0.4, -0.2) is 22.9 Å². The van der Waals surface area contributed by atoms with Crippen LogP contribution in [0.4, 0.5) is 0 Å². The third kappa shape index (κ3) is 3.29. The van der Waals surface area contributed by atoms with Gasteiger partial charge in [0.25, 0.3) is 0 Å². The van der Waals surface area contributed by atoms with Crippen molar-refractivity contribution >= 4 is 0 Å². The molecule has 2 N–H and O–H groups in total. The first-order valence-corrected chi connectivity index (χ1v) is 6.66. The average molecular weight is 253 g/mol. The average Bonchev–Trinajstić information content (AvgIpc) is 2.95. The lowest BCUT2D eigenvalue weighted by Gasteiger charge is -2.23. The van der Waals surface area contributed by atoms with Gasteiger partial charge in [0.2, 0.25) is 5.89 Å². The topological polar surface area (TPSA) is 74.2 Å². The van der Waals surface area contributed by atoms with Gasteiger partial charge >= 0.3 is 0 Å². The molecule has 2 rings (SSSR count). The summed E-state index contributed by atoms with van der Waals surface area (Å²) in [6, 6.07) is -0.197. The molecule has 1 fully saturated rings. The van der Waals surface area contributed by atoms with Crippen LogP contribution in [0.2, 0.25) is 0 Å². The van der Waals surface area contributed by atoms with Crippen LogP contribution in [0.15, 0.2) is 4.52 Å². The van der Waals surface area contributed by atoms with E-state index in [4.69, 9.17) is 15.0 Å². The molecule has 1 aromatic heterocycles. The zero-order chi connectivity index (χ0) is 13.2. The summed E-state index contributed by atoms with van der Waals surface area (Å²) in [5.74, 6) is 1.27. The van der Waals surface area contributed by atoms with Gasteiger partial charge in [0.15, 0.2) is 5.82 Å². The summed E-state index contributed by atoms with van der Waals surface area (Å²) in [5.41, 5.74) is 6.03. The number of hydrogen-bond acceptors (Lipinski definition) is 5. The zero-order valence-corrected chi connectivity index (χ0v) is 11.5. The van der Waals surface area contributed by atoms with Gasteiger partial charge in [-0.2, -0.15) is 4.98 Å². The molecule has 2 heterocycles. The normalized spacial score (nSPS) is 22.3. The smallest absolute Gasteiger partial charge is 0.226 e.